The summed E-state index contributed by atoms with van der Waals surface area (Å²) in [5, 5.41) is 11.7. The highest BCUT2D eigenvalue weighted by Crippen LogP contribution is 2.52. The summed E-state index contributed by atoms with van der Waals surface area (Å²) < 4.78 is 0. The second-order valence-electron chi connectivity index (χ2n) is 5.38. The van der Waals surface area contributed by atoms with Crippen molar-refractivity contribution in [2.45, 2.75) is 27.2 Å². The standard InChI is InChI=1S/C14H16N2O/c1-9-4-5-10(8-15)6-12(9)16-13(17)11-7-14(11,2)3/h4-6,11H,7H2,1-3H3,(H,16,17). The smallest absolute Gasteiger partial charge is 0.228 e. The van der Waals surface area contributed by atoms with Gasteiger partial charge in [0, 0.05) is 11.6 Å². The zero-order valence-electron chi connectivity index (χ0n) is 10.4. The molecule has 3 nitrogen and oxygen atoms in total. The summed E-state index contributed by atoms with van der Waals surface area (Å²) >= 11 is 0. The van der Waals surface area contributed by atoms with E-state index in [1.54, 1.807) is 12.1 Å². The molecule has 1 fully saturated rings. The Morgan fingerprint density at radius 3 is 2.71 bits per heavy atom. The molecule has 17 heavy (non-hydrogen) atoms. The fourth-order valence-corrected chi connectivity index (χ4v) is 1.96. The van der Waals surface area contributed by atoms with Crippen LogP contribution in [0, 0.1) is 29.6 Å². The number of rotatable bonds is 2. The first-order chi connectivity index (χ1) is 7.94. The molecule has 1 amide bonds. The Morgan fingerprint density at radius 1 is 1.53 bits per heavy atom. The van der Waals surface area contributed by atoms with E-state index in [-0.39, 0.29) is 17.2 Å². The van der Waals surface area contributed by atoms with Crippen LogP contribution in [0.1, 0.15) is 31.4 Å². The number of nitrogens with one attached hydrogen (secondary N) is 1. The van der Waals surface area contributed by atoms with E-state index in [0.717, 1.165) is 17.7 Å². The van der Waals surface area contributed by atoms with Gasteiger partial charge in [-0.25, -0.2) is 0 Å². The fourth-order valence-electron chi connectivity index (χ4n) is 1.96. The van der Waals surface area contributed by atoms with Gasteiger partial charge in [0.2, 0.25) is 5.91 Å². The molecule has 1 atom stereocenters. The summed E-state index contributed by atoms with van der Waals surface area (Å²) in [6, 6.07) is 7.41. The first kappa shape index (κ1) is 11.7. The van der Waals surface area contributed by atoms with E-state index >= 15 is 0 Å². The number of anilines is 1. The fraction of sp³-hybridized carbons (Fsp3) is 0.429. The Kier molecular flexibility index (Phi) is 2.66. The lowest BCUT2D eigenvalue weighted by Crippen LogP contribution is -2.17. The van der Waals surface area contributed by atoms with E-state index in [2.05, 4.69) is 25.2 Å². The van der Waals surface area contributed by atoms with Crippen LogP contribution in [0.4, 0.5) is 5.69 Å². The molecule has 0 heterocycles. The van der Waals surface area contributed by atoms with Crippen molar-refractivity contribution in [3.05, 3.63) is 29.3 Å². The molecular formula is C14H16N2O. The van der Waals surface area contributed by atoms with E-state index in [1.807, 2.05) is 13.0 Å². The van der Waals surface area contributed by atoms with Gasteiger partial charge < -0.3 is 5.32 Å². The minimum Gasteiger partial charge on any atom is -0.326 e. The summed E-state index contributed by atoms with van der Waals surface area (Å²) in [6.45, 7) is 6.11. The van der Waals surface area contributed by atoms with Gasteiger partial charge in [-0.3, -0.25) is 4.79 Å². The number of hydrogen-bond acceptors (Lipinski definition) is 2. The molecule has 0 radical (unpaired) electrons. The predicted molar refractivity (Wildman–Crippen MR) is 66.4 cm³/mol. The molecule has 0 saturated heterocycles. The van der Waals surface area contributed by atoms with E-state index in [4.69, 9.17) is 5.26 Å². The number of carbonyl (C=O) groups is 1. The molecular weight excluding hydrogens is 212 g/mol. The molecule has 1 unspecified atom stereocenters. The topological polar surface area (TPSA) is 52.9 Å². The van der Waals surface area contributed by atoms with E-state index in [1.165, 1.54) is 0 Å². The third-order valence-corrected chi connectivity index (χ3v) is 3.45. The Hall–Kier alpha value is -1.82. The maximum absolute atomic E-state index is 11.9. The third kappa shape index (κ3) is 2.31. The van der Waals surface area contributed by atoms with E-state index < -0.39 is 0 Å². The molecule has 0 aliphatic heterocycles. The second kappa shape index (κ2) is 3.89. The molecule has 1 aromatic carbocycles. The minimum atomic E-state index is 0.0631. The number of nitrogens with zero attached hydrogens (tertiary/aromatic N) is 1. The van der Waals surface area contributed by atoms with Crippen LogP contribution in [0.5, 0.6) is 0 Å². The van der Waals surface area contributed by atoms with Crippen molar-refractivity contribution in [1.82, 2.24) is 0 Å². The SMILES string of the molecule is Cc1ccc(C#N)cc1NC(=O)C1CC1(C)C. The molecule has 1 N–H and O–H groups in total. The summed E-state index contributed by atoms with van der Waals surface area (Å²) in [5.74, 6) is 0.167. The van der Waals surface area contributed by atoms with Crippen molar-refractivity contribution in [2.75, 3.05) is 5.32 Å². The number of amides is 1. The van der Waals surface area contributed by atoms with Crippen LogP contribution in [0.2, 0.25) is 0 Å². The number of aryl methyl sites for hydroxylation is 1. The Bertz CT molecular complexity index is 511. The molecule has 0 bridgehead atoms. The zero-order valence-corrected chi connectivity index (χ0v) is 10.4. The molecule has 3 heteroatoms. The van der Waals surface area contributed by atoms with Crippen molar-refractivity contribution in [1.29, 1.82) is 5.26 Å². The van der Waals surface area contributed by atoms with Crippen LogP contribution < -0.4 is 5.32 Å². The third-order valence-electron chi connectivity index (χ3n) is 3.45. The van der Waals surface area contributed by atoms with E-state index in [9.17, 15) is 4.79 Å². The lowest BCUT2D eigenvalue weighted by Gasteiger charge is -2.09. The first-order valence-corrected chi connectivity index (χ1v) is 5.75. The maximum atomic E-state index is 11.9. The van der Waals surface area contributed by atoms with Crippen molar-refractivity contribution >= 4 is 11.6 Å². The molecule has 1 aromatic rings. The summed E-state index contributed by atoms with van der Waals surface area (Å²) in [7, 11) is 0. The van der Waals surface area contributed by atoms with Crippen molar-refractivity contribution < 1.29 is 4.79 Å². The van der Waals surface area contributed by atoms with Gasteiger partial charge in [0.15, 0.2) is 0 Å². The van der Waals surface area contributed by atoms with Crippen LogP contribution in [0.3, 0.4) is 0 Å². The van der Waals surface area contributed by atoms with Crippen LogP contribution in [-0.2, 0) is 4.79 Å². The average molecular weight is 228 g/mol. The summed E-state index contributed by atoms with van der Waals surface area (Å²) in [6.07, 6.45) is 0.940. The number of hydrogen-bond donors (Lipinski definition) is 1. The molecule has 88 valence electrons. The molecule has 1 aliphatic carbocycles. The average Bonchev–Trinajstić information content (AvgIpc) is 2.91. The summed E-state index contributed by atoms with van der Waals surface area (Å²) in [5.41, 5.74) is 2.43. The van der Waals surface area contributed by atoms with Crippen molar-refractivity contribution in [2.24, 2.45) is 11.3 Å². The van der Waals surface area contributed by atoms with Gasteiger partial charge in [-0.05, 0) is 36.5 Å². The highest BCUT2D eigenvalue weighted by atomic mass is 16.2. The summed E-state index contributed by atoms with van der Waals surface area (Å²) in [4.78, 5) is 11.9. The van der Waals surface area contributed by atoms with Gasteiger partial charge in [-0.1, -0.05) is 19.9 Å². The van der Waals surface area contributed by atoms with Gasteiger partial charge in [-0.2, -0.15) is 5.26 Å². The Morgan fingerprint density at radius 2 is 2.18 bits per heavy atom. The Labute approximate surface area is 101 Å². The van der Waals surface area contributed by atoms with Gasteiger partial charge in [0.05, 0.1) is 11.6 Å². The zero-order chi connectivity index (χ0) is 12.6. The van der Waals surface area contributed by atoms with Crippen molar-refractivity contribution in [3.8, 4) is 6.07 Å². The molecule has 0 spiro atoms. The van der Waals surface area contributed by atoms with Gasteiger partial charge in [-0.15, -0.1) is 0 Å². The van der Waals surface area contributed by atoms with Crippen LogP contribution in [0.15, 0.2) is 18.2 Å². The van der Waals surface area contributed by atoms with Crippen LogP contribution in [-0.4, -0.2) is 5.91 Å². The van der Waals surface area contributed by atoms with Gasteiger partial charge in [0.1, 0.15) is 0 Å². The lowest BCUT2D eigenvalue weighted by atomic mass is 10.1. The quantitative estimate of drug-likeness (QED) is 0.846. The second-order valence-corrected chi connectivity index (χ2v) is 5.38. The van der Waals surface area contributed by atoms with Crippen molar-refractivity contribution in [3.63, 3.8) is 0 Å². The molecule has 0 aromatic heterocycles. The van der Waals surface area contributed by atoms with Crippen LogP contribution in [0.25, 0.3) is 0 Å². The lowest BCUT2D eigenvalue weighted by molar-refractivity contribution is -0.118. The first-order valence-electron chi connectivity index (χ1n) is 5.75. The monoisotopic (exact) mass is 228 g/mol. The van der Waals surface area contributed by atoms with E-state index in [0.29, 0.717) is 5.56 Å². The predicted octanol–water partition coefficient (Wildman–Crippen LogP) is 2.85. The normalized spacial score (nSPS) is 20.5. The molecule has 1 saturated carbocycles. The number of carbonyl (C=O) groups excluding carboxylic acids is 1. The minimum absolute atomic E-state index is 0.0631. The Balaban J connectivity index is 2.14. The largest absolute Gasteiger partial charge is 0.326 e. The molecule has 1 aliphatic rings. The highest BCUT2D eigenvalue weighted by Gasteiger charge is 2.50. The maximum Gasteiger partial charge on any atom is 0.228 e. The number of benzene rings is 1. The highest BCUT2D eigenvalue weighted by molar-refractivity contribution is 5.95. The van der Waals surface area contributed by atoms with Gasteiger partial charge >= 0.3 is 0 Å². The van der Waals surface area contributed by atoms with Crippen LogP contribution >= 0.6 is 0 Å². The number of nitriles is 1. The van der Waals surface area contributed by atoms with Gasteiger partial charge in [0.25, 0.3) is 0 Å². The molecule has 2 rings (SSSR count).